The highest BCUT2D eigenvalue weighted by Crippen LogP contribution is 2.33. The second-order valence-corrected chi connectivity index (χ2v) is 7.82. The Hall–Kier alpha value is -2.72. The van der Waals surface area contributed by atoms with Crippen LogP contribution in [0.3, 0.4) is 0 Å². The molecule has 2 aromatic carbocycles. The van der Waals surface area contributed by atoms with Crippen molar-refractivity contribution in [2.45, 2.75) is 44.8 Å². The van der Waals surface area contributed by atoms with Crippen LogP contribution in [0.2, 0.25) is 0 Å². The molecule has 0 radical (unpaired) electrons. The highest BCUT2D eigenvalue weighted by Gasteiger charge is 2.29. The molecule has 2 aliphatic rings. The zero-order valence-corrected chi connectivity index (χ0v) is 16.7. The number of nitrogens with zero attached hydrogens (tertiary/aromatic N) is 1. The lowest BCUT2D eigenvalue weighted by Gasteiger charge is -2.26. The minimum absolute atomic E-state index is 0.00281. The molecule has 1 heterocycles. The number of carbonyl (C=O) groups is 2. The number of amides is 1. The van der Waals surface area contributed by atoms with Gasteiger partial charge in [0.1, 0.15) is 0 Å². The summed E-state index contributed by atoms with van der Waals surface area (Å²) in [5.41, 5.74) is 3.86. The van der Waals surface area contributed by atoms with Crippen LogP contribution >= 0.6 is 0 Å². The Balaban J connectivity index is 1.55. The molecule has 1 amide bonds. The van der Waals surface area contributed by atoms with E-state index in [1.54, 1.807) is 0 Å². The Bertz CT molecular complexity index is 883. The first kappa shape index (κ1) is 19.6. The predicted octanol–water partition coefficient (Wildman–Crippen LogP) is 4.40. The van der Waals surface area contributed by atoms with E-state index in [1.165, 1.54) is 0 Å². The van der Waals surface area contributed by atoms with E-state index in [0.717, 1.165) is 42.6 Å². The summed E-state index contributed by atoms with van der Waals surface area (Å²) in [4.78, 5) is 27.7. The zero-order valence-electron chi connectivity index (χ0n) is 16.7. The number of hydrogen-bond acceptors (Lipinski definition) is 3. The van der Waals surface area contributed by atoms with Crippen molar-refractivity contribution in [3.63, 3.8) is 0 Å². The molecule has 2 aromatic rings. The summed E-state index contributed by atoms with van der Waals surface area (Å²) < 4.78 is 5.78. The lowest BCUT2D eigenvalue weighted by atomic mass is 9.99. The van der Waals surface area contributed by atoms with E-state index in [1.807, 2.05) is 65.6 Å². The third-order valence-corrected chi connectivity index (χ3v) is 5.77. The van der Waals surface area contributed by atoms with E-state index in [2.05, 4.69) is 0 Å². The average molecular weight is 389 g/mol. The molecule has 0 saturated carbocycles. The smallest absolute Gasteiger partial charge is 0.227 e. The van der Waals surface area contributed by atoms with Gasteiger partial charge in [0.15, 0.2) is 5.78 Å². The SMILES string of the molecule is O=C1CCC(c2ccccc2)=C1CC(=O)N(Cc1ccccc1)CC1CCCO1. The van der Waals surface area contributed by atoms with Crippen LogP contribution in [-0.2, 0) is 20.9 Å². The summed E-state index contributed by atoms with van der Waals surface area (Å²) in [7, 11) is 0. The summed E-state index contributed by atoms with van der Waals surface area (Å²) in [6.45, 7) is 1.89. The molecule has 0 aromatic heterocycles. The Morgan fingerprint density at radius 1 is 1.00 bits per heavy atom. The van der Waals surface area contributed by atoms with Crippen molar-refractivity contribution in [2.24, 2.45) is 0 Å². The summed E-state index contributed by atoms with van der Waals surface area (Å²) in [5.74, 6) is 0.108. The molecule has 1 aliphatic heterocycles. The normalized spacial score (nSPS) is 19.0. The highest BCUT2D eigenvalue weighted by molar-refractivity contribution is 6.10. The summed E-state index contributed by atoms with van der Waals surface area (Å²) in [6, 6.07) is 20.0. The van der Waals surface area contributed by atoms with Crippen LogP contribution in [0.25, 0.3) is 5.57 Å². The maximum absolute atomic E-state index is 13.3. The molecule has 0 bridgehead atoms. The van der Waals surface area contributed by atoms with Gasteiger partial charge in [0.2, 0.25) is 5.91 Å². The van der Waals surface area contributed by atoms with Gasteiger partial charge in [-0.1, -0.05) is 60.7 Å². The molecule has 0 spiro atoms. The van der Waals surface area contributed by atoms with Gasteiger partial charge >= 0.3 is 0 Å². The number of ketones is 1. The van der Waals surface area contributed by atoms with Crippen LogP contribution in [0.1, 0.15) is 43.2 Å². The Kier molecular flexibility index (Phi) is 6.20. The third-order valence-electron chi connectivity index (χ3n) is 5.77. The van der Waals surface area contributed by atoms with E-state index in [9.17, 15) is 9.59 Å². The van der Waals surface area contributed by atoms with Gasteiger partial charge in [0.05, 0.1) is 12.5 Å². The maximum Gasteiger partial charge on any atom is 0.227 e. The number of hydrogen-bond donors (Lipinski definition) is 0. The van der Waals surface area contributed by atoms with Gasteiger partial charge in [-0.25, -0.2) is 0 Å². The first-order valence-electron chi connectivity index (χ1n) is 10.4. The lowest BCUT2D eigenvalue weighted by molar-refractivity contribution is -0.133. The Morgan fingerprint density at radius 3 is 2.41 bits per heavy atom. The van der Waals surface area contributed by atoms with Gasteiger partial charge < -0.3 is 9.64 Å². The molecule has 150 valence electrons. The van der Waals surface area contributed by atoms with Crippen molar-refractivity contribution in [1.82, 2.24) is 4.90 Å². The van der Waals surface area contributed by atoms with E-state index < -0.39 is 0 Å². The second-order valence-electron chi connectivity index (χ2n) is 7.82. The third kappa shape index (κ3) is 4.83. The highest BCUT2D eigenvalue weighted by atomic mass is 16.5. The van der Waals surface area contributed by atoms with Crippen molar-refractivity contribution in [3.8, 4) is 0 Å². The number of rotatable bonds is 7. The molecule has 1 unspecified atom stereocenters. The quantitative estimate of drug-likeness (QED) is 0.705. The minimum atomic E-state index is 0.00281. The molecular weight excluding hydrogens is 362 g/mol. The van der Waals surface area contributed by atoms with Crippen LogP contribution in [0.15, 0.2) is 66.2 Å². The predicted molar refractivity (Wildman–Crippen MR) is 113 cm³/mol. The Morgan fingerprint density at radius 2 is 1.72 bits per heavy atom. The fraction of sp³-hybridized carbons (Fsp3) is 0.360. The topological polar surface area (TPSA) is 46.6 Å². The number of carbonyl (C=O) groups excluding carboxylic acids is 2. The Labute approximate surface area is 172 Å². The minimum Gasteiger partial charge on any atom is -0.376 e. The second kappa shape index (κ2) is 9.19. The van der Waals surface area contributed by atoms with Crippen LogP contribution in [0, 0.1) is 0 Å². The summed E-state index contributed by atoms with van der Waals surface area (Å²) in [6.07, 6.45) is 3.50. The molecule has 1 fully saturated rings. The number of allylic oxidation sites excluding steroid dienone is 1. The number of Topliss-reactive ketones (excluding diaryl/α,β-unsaturated/α-hetero) is 1. The fourth-order valence-corrected chi connectivity index (χ4v) is 4.23. The van der Waals surface area contributed by atoms with E-state index in [0.29, 0.717) is 25.1 Å². The van der Waals surface area contributed by atoms with Crippen molar-refractivity contribution in [3.05, 3.63) is 77.4 Å². The van der Waals surface area contributed by atoms with E-state index >= 15 is 0 Å². The maximum atomic E-state index is 13.3. The van der Waals surface area contributed by atoms with E-state index in [-0.39, 0.29) is 24.2 Å². The first-order valence-corrected chi connectivity index (χ1v) is 10.4. The molecule has 4 nitrogen and oxygen atoms in total. The van der Waals surface area contributed by atoms with Gasteiger partial charge in [-0.2, -0.15) is 0 Å². The molecular formula is C25H27NO3. The van der Waals surface area contributed by atoms with Gasteiger partial charge in [-0.05, 0) is 36.0 Å². The molecule has 1 atom stereocenters. The van der Waals surface area contributed by atoms with Crippen molar-refractivity contribution >= 4 is 17.3 Å². The van der Waals surface area contributed by atoms with Gasteiger partial charge in [0.25, 0.3) is 0 Å². The van der Waals surface area contributed by atoms with E-state index in [4.69, 9.17) is 4.74 Å². The monoisotopic (exact) mass is 389 g/mol. The fourth-order valence-electron chi connectivity index (χ4n) is 4.23. The first-order chi connectivity index (χ1) is 14.2. The summed E-state index contributed by atoms with van der Waals surface area (Å²) in [5, 5.41) is 0. The van der Waals surface area contributed by atoms with Gasteiger partial charge in [0, 0.05) is 31.7 Å². The molecule has 1 aliphatic carbocycles. The van der Waals surface area contributed by atoms with Crippen LogP contribution in [0.5, 0.6) is 0 Å². The zero-order chi connectivity index (χ0) is 20.1. The van der Waals surface area contributed by atoms with Crippen LogP contribution in [-0.4, -0.2) is 35.8 Å². The number of benzene rings is 2. The van der Waals surface area contributed by atoms with Gasteiger partial charge in [-0.3, -0.25) is 9.59 Å². The lowest BCUT2D eigenvalue weighted by Crippen LogP contribution is -2.37. The van der Waals surface area contributed by atoms with Crippen molar-refractivity contribution in [1.29, 1.82) is 0 Å². The molecule has 4 rings (SSSR count). The largest absolute Gasteiger partial charge is 0.376 e. The van der Waals surface area contributed by atoms with Crippen LogP contribution in [0.4, 0.5) is 0 Å². The molecule has 29 heavy (non-hydrogen) atoms. The average Bonchev–Trinajstić information content (AvgIpc) is 3.39. The summed E-state index contributed by atoms with van der Waals surface area (Å²) >= 11 is 0. The van der Waals surface area contributed by atoms with Crippen molar-refractivity contribution in [2.75, 3.05) is 13.2 Å². The molecule has 1 saturated heterocycles. The van der Waals surface area contributed by atoms with Crippen molar-refractivity contribution < 1.29 is 14.3 Å². The van der Waals surface area contributed by atoms with Crippen LogP contribution < -0.4 is 0 Å². The molecule has 0 N–H and O–H groups in total. The standard InChI is InChI=1S/C25H27NO3/c27-24-14-13-22(20-10-5-2-6-11-20)23(24)16-25(28)26(18-21-12-7-15-29-21)17-19-8-3-1-4-9-19/h1-6,8-11,21H,7,12-18H2. The molecule has 4 heteroatoms. The van der Waals surface area contributed by atoms with Gasteiger partial charge in [-0.15, -0.1) is 0 Å². The number of ether oxygens (including phenoxy) is 1.